The standard InChI is InChI=1S/C19H23N5O4/c1-10(2)17-22-18-13(16(20)24(17)11-6-4-3-5-7-11)21-9-23(18)19-15(27)14(26)12(8-25)28-19/h3-7,9-10,12,14-15,19-20,25-27H,8H2,1-2H3/p+1/t12-,14-,15-,19-/m1/s1. The highest BCUT2D eigenvalue weighted by molar-refractivity contribution is 5.80. The smallest absolute Gasteiger partial charge is 0.256 e. The lowest BCUT2D eigenvalue weighted by molar-refractivity contribution is -0.592. The summed E-state index contributed by atoms with van der Waals surface area (Å²) < 4.78 is 9.04. The normalized spacial score (nSPS) is 25.1. The number of hydrogen-bond acceptors (Lipinski definition) is 7. The maximum absolute atomic E-state index is 10.4. The number of aliphatic hydroxyl groups excluding tert-OH is 3. The molecule has 3 heterocycles. The zero-order valence-corrected chi connectivity index (χ0v) is 15.7. The van der Waals surface area contributed by atoms with Crippen molar-refractivity contribution in [3.8, 4) is 5.69 Å². The van der Waals surface area contributed by atoms with Crippen LogP contribution in [-0.2, 0) is 4.74 Å². The molecule has 0 spiro atoms. The minimum absolute atomic E-state index is 0.0560. The number of aromatic nitrogens is 4. The predicted molar refractivity (Wildman–Crippen MR) is 101 cm³/mol. The van der Waals surface area contributed by atoms with Crippen LogP contribution in [0.2, 0.25) is 0 Å². The Morgan fingerprint density at radius 1 is 1.21 bits per heavy atom. The summed E-state index contributed by atoms with van der Waals surface area (Å²) in [5.41, 5.74) is 8.26. The van der Waals surface area contributed by atoms with Gasteiger partial charge in [0.2, 0.25) is 11.5 Å². The van der Waals surface area contributed by atoms with Crippen LogP contribution in [0.3, 0.4) is 0 Å². The van der Waals surface area contributed by atoms with Crippen molar-refractivity contribution < 1.29 is 24.6 Å². The van der Waals surface area contributed by atoms with Gasteiger partial charge in [0.1, 0.15) is 30.3 Å². The Morgan fingerprint density at radius 2 is 1.93 bits per heavy atom. The molecule has 1 aliphatic rings. The Morgan fingerprint density at radius 3 is 2.54 bits per heavy atom. The second-order valence-electron chi connectivity index (χ2n) is 7.23. The van der Waals surface area contributed by atoms with Crippen molar-refractivity contribution >= 4 is 17.0 Å². The molecule has 9 heteroatoms. The molecule has 0 aliphatic carbocycles. The van der Waals surface area contributed by atoms with Crippen LogP contribution < -0.4 is 10.3 Å². The quantitative estimate of drug-likeness (QED) is 0.465. The number of fused-ring (bicyclic) bond motifs is 1. The number of hydrogen-bond donors (Lipinski definition) is 4. The number of nitrogens with two attached hydrogens (primary N) is 1. The molecule has 0 amide bonds. The molecule has 9 nitrogen and oxygen atoms in total. The Hall–Kier alpha value is -2.59. The average molecular weight is 386 g/mol. The Bertz CT molecular complexity index is 991. The van der Waals surface area contributed by atoms with Gasteiger partial charge in [-0.25, -0.2) is 4.98 Å². The van der Waals surface area contributed by atoms with Gasteiger partial charge in [0.15, 0.2) is 11.7 Å². The zero-order chi connectivity index (χ0) is 20.0. The Kier molecular flexibility index (Phi) is 4.76. The number of anilines is 1. The molecular weight excluding hydrogens is 362 g/mol. The van der Waals surface area contributed by atoms with Gasteiger partial charge in [0, 0.05) is 5.92 Å². The van der Waals surface area contributed by atoms with Crippen LogP contribution in [0.1, 0.15) is 31.8 Å². The molecule has 0 bridgehead atoms. The summed E-state index contributed by atoms with van der Waals surface area (Å²) in [6.45, 7) is 3.63. The SMILES string of the molecule is CC(C)c1nc2c(ncn2[C@@H]2O[C@H](CO)[C@@H](O)[C@H]2O)c(N)[n+]1-c1ccccc1. The third kappa shape index (κ3) is 2.83. The monoisotopic (exact) mass is 386 g/mol. The summed E-state index contributed by atoms with van der Waals surface area (Å²) >= 11 is 0. The molecule has 1 aromatic carbocycles. The van der Waals surface area contributed by atoms with Crippen LogP contribution >= 0.6 is 0 Å². The molecule has 4 rings (SSSR count). The molecule has 28 heavy (non-hydrogen) atoms. The van der Waals surface area contributed by atoms with Crippen molar-refractivity contribution in [3.63, 3.8) is 0 Å². The van der Waals surface area contributed by atoms with Gasteiger partial charge in [-0.15, -0.1) is 0 Å². The number of imidazole rings is 1. The van der Waals surface area contributed by atoms with E-state index in [1.807, 2.05) is 48.7 Å². The number of nitrogens with zero attached hydrogens (tertiary/aromatic N) is 4. The predicted octanol–water partition coefficient (Wildman–Crippen LogP) is 0.0251. The van der Waals surface area contributed by atoms with Crippen LogP contribution in [-0.4, -0.2) is 54.8 Å². The van der Waals surface area contributed by atoms with E-state index in [1.165, 1.54) is 6.33 Å². The molecule has 3 aromatic rings. The summed E-state index contributed by atoms with van der Waals surface area (Å²) in [6, 6.07) is 9.66. The number of benzene rings is 1. The minimum atomic E-state index is -1.22. The number of ether oxygens (including phenoxy) is 1. The summed E-state index contributed by atoms with van der Waals surface area (Å²) in [4.78, 5) is 9.15. The molecule has 0 saturated carbocycles. The highest BCUT2D eigenvalue weighted by atomic mass is 16.6. The van der Waals surface area contributed by atoms with Crippen molar-refractivity contribution in [2.24, 2.45) is 0 Å². The van der Waals surface area contributed by atoms with Crippen molar-refractivity contribution in [1.82, 2.24) is 14.5 Å². The van der Waals surface area contributed by atoms with E-state index in [-0.39, 0.29) is 5.92 Å². The Balaban J connectivity index is 1.90. The minimum Gasteiger partial charge on any atom is -0.394 e. The van der Waals surface area contributed by atoms with Gasteiger partial charge in [-0.2, -0.15) is 4.57 Å². The summed E-state index contributed by atoms with van der Waals surface area (Å²) in [7, 11) is 0. The number of aliphatic hydroxyl groups is 3. The fourth-order valence-corrected chi connectivity index (χ4v) is 3.57. The maximum atomic E-state index is 10.4. The molecule has 1 aliphatic heterocycles. The molecular formula is C19H24N5O4+. The summed E-state index contributed by atoms with van der Waals surface area (Å²) in [6.07, 6.45) is -2.74. The first-order valence-corrected chi connectivity index (χ1v) is 9.19. The Labute approximate surface area is 161 Å². The first kappa shape index (κ1) is 18.8. The number of rotatable bonds is 4. The van der Waals surface area contributed by atoms with Crippen molar-refractivity contribution in [2.75, 3.05) is 12.3 Å². The number of nitrogen functional groups attached to an aromatic ring is 1. The highest BCUT2D eigenvalue weighted by Crippen LogP contribution is 2.32. The molecule has 5 N–H and O–H groups in total. The van der Waals surface area contributed by atoms with Gasteiger partial charge in [-0.1, -0.05) is 37.0 Å². The maximum Gasteiger partial charge on any atom is 0.256 e. The number of para-hydroxylation sites is 1. The van der Waals surface area contributed by atoms with E-state index < -0.39 is 31.1 Å². The average Bonchev–Trinajstić information content (AvgIpc) is 3.24. The van der Waals surface area contributed by atoms with Gasteiger partial charge in [-0.3, -0.25) is 4.57 Å². The van der Waals surface area contributed by atoms with E-state index in [9.17, 15) is 15.3 Å². The molecule has 0 radical (unpaired) electrons. The third-order valence-electron chi connectivity index (χ3n) is 5.02. The van der Waals surface area contributed by atoms with Crippen molar-refractivity contribution in [3.05, 3.63) is 42.5 Å². The van der Waals surface area contributed by atoms with Crippen LogP contribution in [0, 0.1) is 0 Å². The molecule has 148 valence electrons. The molecule has 4 atom stereocenters. The topological polar surface area (TPSA) is 131 Å². The summed E-state index contributed by atoms with van der Waals surface area (Å²) in [5, 5.41) is 29.8. The lowest BCUT2D eigenvalue weighted by Crippen LogP contribution is -2.41. The molecule has 0 unspecified atom stereocenters. The second kappa shape index (κ2) is 7.10. The van der Waals surface area contributed by atoms with E-state index in [4.69, 9.17) is 15.5 Å². The van der Waals surface area contributed by atoms with Gasteiger partial charge >= 0.3 is 0 Å². The lowest BCUT2D eigenvalue weighted by Gasteiger charge is -2.16. The van der Waals surface area contributed by atoms with Gasteiger partial charge in [-0.05, 0) is 12.1 Å². The zero-order valence-electron chi connectivity index (χ0n) is 15.7. The second-order valence-corrected chi connectivity index (χ2v) is 7.23. The highest BCUT2D eigenvalue weighted by Gasteiger charge is 2.44. The van der Waals surface area contributed by atoms with Crippen LogP contribution in [0.25, 0.3) is 16.9 Å². The van der Waals surface area contributed by atoms with Crippen LogP contribution in [0.5, 0.6) is 0 Å². The van der Waals surface area contributed by atoms with E-state index in [1.54, 1.807) is 4.57 Å². The van der Waals surface area contributed by atoms with Crippen molar-refractivity contribution in [1.29, 1.82) is 0 Å². The third-order valence-corrected chi connectivity index (χ3v) is 5.02. The largest absolute Gasteiger partial charge is 0.394 e. The van der Waals surface area contributed by atoms with E-state index in [2.05, 4.69) is 4.98 Å². The van der Waals surface area contributed by atoms with Crippen LogP contribution in [0.15, 0.2) is 36.7 Å². The fourth-order valence-electron chi connectivity index (χ4n) is 3.57. The van der Waals surface area contributed by atoms with Gasteiger partial charge in [0.05, 0.1) is 6.61 Å². The molecule has 1 fully saturated rings. The summed E-state index contributed by atoms with van der Waals surface area (Å²) in [5.74, 6) is 1.20. The van der Waals surface area contributed by atoms with E-state index in [0.717, 1.165) is 11.5 Å². The molecule has 1 saturated heterocycles. The van der Waals surface area contributed by atoms with Crippen molar-refractivity contribution in [2.45, 2.75) is 44.3 Å². The first-order valence-electron chi connectivity index (χ1n) is 9.19. The van der Waals surface area contributed by atoms with Crippen LogP contribution in [0.4, 0.5) is 5.82 Å². The first-order chi connectivity index (χ1) is 13.4. The molecule has 2 aromatic heterocycles. The van der Waals surface area contributed by atoms with E-state index >= 15 is 0 Å². The van der Waals surface area contributed by atoms with E-state index in [0.29, 0.717) is 17.0 Å². The van der Waals surface area contributed by atoms with Gasteiger partial charge in [0.25, 0.3) is 5.82 Å². The lowest BCUT2D eigenvalue weighted by atomic mass is 10.1. The fraction of sp³-hybridized carbons (Fsp3) is 0.421. The van der Waals surface area contributed by atoms with Gasteiger partial charge < -0.3 is 25.8 Å².